The third kappa shape index (κ3) is 2.40. The molecule has 3 nitrogen and oxygen atoms in total. The van der Waals surface area contributed by atoms with Gasteiger partial charge in [0.25, 0.3) is 5.91 Å². The number of hydrogen-bond donors (Lipinski definition) is 1. The van der Waals surface area contributed by atoms with Crippen LogP contribution in [0.15, 0.2) is 29.6 Å². The maximum absolute atomic E-state index is 11.7. The maximum atomic E-state index is 11.7. The number of rotatable bonds is 2. The van der Waals surface area contributed by atoms with Crippen LogP contribution in [0.1, 0.15) is 15.4 Å². The summed E-state index contributed by atoms with van der Waals surface area (Å²) in [6, 6.07) is 7.00. The summed E-state index contributed by atoms with van der Waals surface area (Å²) in [7, 11) is 0. The van der Waals surface area contributed by atoms with Crippen molar-refractivity contribution < 1.29 is 4.79 Å². The van der Waals surface area contributed by atoms with Gasteiger partial charge >= 0.3 is 0 Å². The van der Waals surface area contributed by atoms with Gasteiger partial charge in [-0.25, -0.2) is 4.98 Å². The molecule has 2 heterocycles. The molecule has 0 aliphatic heterocycles. The first kappa shape index (κ1) is 11.1. The number of amides is 1. The maximum Gasteiger partial charge on any atom is 0.266 e. The van der Waals surface area contributed by atoms with E-state index >= 15 is 0 Å². The lowest BCUT2D eigenvalue weighted by Crippen LogP contribution is -2.11. The minimum Gasteiger partial charge on any atom is -0.306 e. The molecule has 0 saturated heterocycles. The third-order valence-electron chi connectivity index (χ3n) is 2.01. The van der Waals surface area contributed by atoms with E-state index in [1.54, 1.807) is 25.1 Å². The molecule has 2 aromatic rings. The average molecular weight is 253 g/mol. The summed E-state index contributed by atoms with van der Waals surface area (Å²) in [6.45, 7) is 1.79. The molecule has 0 aliphatic carbocycles. The van der Waals surface area contributed by atoms with Gasteiger partial charge in [0, 0.05) is 0 Å². The Balaban J connectivity index is 2.15. The summed E-state index contributed by atoms with van der Waals surface area (Å²) in [5.74, 6) is 0.365. The highest BCUT2D eigenvalue weighted by atomic mass is 35.5. The molecule has 1 N–H and O–H groups in total. The van der Waals surface area contributed by atoms with E-state index in [1.165, 1.54) is 11.3 Å². The highest BCUT2D eigenvalue weighted by Gasteiger charge is 2.08. The molecule has 2 aromatic heterocycles. The smallest absolute Gasteiger partial charge is 0.266 e. The van der Waals surface area contributed by atoms with Gasteiger partial charge in [-0.1, -0.05) is 17.7 Å². The van der Waals surface area contributed by atoms with Gasteiger partial charge in [0.1, 0.15) is 5.82 Å². The number of nitrogens with one attached hydrogen (secondary N) is 1. The van der Waals surface area contributed by atoms with Crippen molar-refractivity contribution in [3.63, 3.8) is 0 Å². The Morgan fingerprint density at radius 2 is 2.25 bits per heavy atom. The highest BCUT2D eigenvalue weighted by Crippen LogP contribution is 2.16. The molecule has 0 unspecified atom stereocenters. The molecular formula is C11H9ClN2OS. The number of carbonyl (C=O) groups excluding carboxylic acids is 1. The standard InChI is InChI=1S/C11H9ClN2OS/c1-7-8(12)4-5-10(13-7)14-11(15)9-3-2-6-16-9/h2-6H,1H3,(H,13,14,15). The molecule has 82 valence electrons. The summed E-state index contributed by atoms with van der Waals surface area (Å²) in [5, 5.41) is 5.16. The predicted octanol–water partition coefficient (Wildman–Crippen LogP) is 3.36. The van der Waals surface area contributed by atoms with Crippen LogP contribution in [-0.4, -0.2) is 10.9 Å². The number of anilines is 1. The molecule has 0 atom stereocenters. The summed E-state index contributed by atoms with van der Waals surface area (Å²) < 4.78 is 0. The zero-order valence-corrected chi connectivity index (χ0v) is 10.1. The number of carbonyl (C=O) groups is 1. The lowest BCUT2D eigenvalue weighted by Gasteiger charge is -2.04. The number of thiophene rings is 1. The molecule has 0 spiro atoms. The van der Waals surface area contributed by atoms with Gasteiger partial charge in [-0.05, 0) is 30.5 Å². The number of hydrogen-bond acceptors (Lipinski definition) is 3. The molecular weight excluding hydrogens is 244 g/mol. The van der Waals surface area contributed by atoms with Gasteiger partial charge < -0.3 is 5.32 Å². The summed E-state index contributed by atoms with van der Waals surface area (Å²) >= 11 is 7.24. The topological polar surface area (TPSA) is 42.0 Å². The van der Waals surface area contributed by atoms with E-state index in [0.29, 0.717) is 21.4 Å². The van der Waals surface area contributed by atoms with Crippen molar-refractivity contribution >= 4 is 34.7 Å². The first-order chi connectivity index (χ1) is 7.66. The number of pyridine rings is 1. The van der Waals surface area contributed by atoms with Crippen LogP contribution < -0.4 is 5.32 Å². The molecule has 16 heavy (non-hydrogen) atoms. The number of aromatic nitrogens is 1. The molecule has 0 radical (unpaired) electrons. The zero-order chi connectivity index (χ0) is 11.5. The second kappa shape index (κ2) is 4.63. The Kier molecular flexibility index (Phi) is 3.22. The van der Waals surface area contributed by atoms with Crippen LogP contribution in [0.25, 0.3) is 0 Å². The van der Waals surface area contributed by atoms with Gasteiger partial charge in [0.05, 0.1) is 15.6 Å². The van der Waals surface area contributed by atoms with E-state index in [1.807, 2.05) is 11.4 Å². The predicted molar refractivity (Wildman–Crippen MR) is 66.3 cm³/mol. The van der Waals surface area contributed by atoms with Gasteiger partial charge in [0.15, 0.2) is 0 Å². The summed E-state index contributed by atoms with van der Waals surface area (Å²) in [5.41, 5.74) is 0.700. The average Bonchev–Trinajstić information content (AvgIpc) is 2.77. The van der Waals surface area contributed by atoms with Crippen LogP contribution in [0.2, 0.25) is 5.02 Å². The van der Waals surface area contributed by atoms with Crippen LogP contribution in [-0.2, 0) is 0 Å². The lowest BCUT2D eigenvalue weighted by molar-refractivity contribution is 0.103. The summed E-state index contributed by atoms with van der Waals surface area (Å²) in [6.07, 6.45) is 0. The van der Waals surface area contributed by atoms with E-state index in [9.17, 15) is 4.79 Å². The van der Waals surface area contributed by atoms with Crippen molar-refractivity contribution in [2.75, 3.05) is 5.32 Å². The first-order valence-corrected chi connectivity index (χ1v) is 5.90. The summed E-state index contributed by atoms with van der Waals surface area (Å²) in [4.78, 5) is 16.5. The van der Waals surface area contributed by atoms with Crippen molar-refractivity contribution in [2.45, 2.75) is 6.92 Å². The fourth-order valence-electron chi connectivity index (χ4n) is 1.20. The Morgan fingerprint density at radius 3 is 2.88 bits per heavy atom. The van der Waals surface area contributed by atoms with Crippen LogP contribution in [0.5, 0.6) is 0 Å². The molecule has 0 aromatic carbocycles. The highest BCUT2D eigenvalue weighted by molar-refractivity contribution is 7.12. The number of halogens is 1. The minimum atomic E-state index is -0.149. The second-order valence-corrected chi connectivity index (χ2v) is 4.55. The Labute approximate surface area is 102 Å². The third-order valence-corrected chi connectivity index (χ3v) is 3.28. The SMILES string of the molecule is Cc1nc(NC(=O)c2cccs2)ccc1Cl. The molecule has 0 aliphatic rings. The monoisotopic (exact) mass is 252 g/mol. The second-order valence-electron chi connectivity index (χ2n) is 3.20. The van der Waals surface area contributed by atoms with Gasteiger partial charge in [0.2, 0.25) is 0 Å². The van der Waals surface area contributed by atoms with Crippen molar-refractivity contribution in [2.24, 2.45) is 0 Å². The number of aryl methyl sites for hydroxylation is 1. The van der Waals surface area contributed by atoms with Crippen LogP contribution in [0.3, 0.4) is 0 Å². The van der Waals surface area contributed by atoms with E-state index in [-0.39, 0.29) is 5.91 Å². The number of nitrogens with zero attached hydrogens (tertiary/aromatic N) is 1. The van der Waals surface area contributed by atoms with Crippen LogP contribution in [0, 0.1) is 6.92 Å². The molecule has 2 rings (SSSR count). The minimum absolute atomic E-state index is 0.149. The van der Waals surface area contributed by atoms with Gasteiger partial charge in [-0.2, -0.15) is 0 Å². The van der Waals surface area contributed by atoms with Gasteiger partial charge in [-0.3, -0.25) is 4.79 Å². The van der Waals surface area contributed by atoms with Crippen molar-refractivity contribution in [1.82, 2.24) is 4.98 Å². The Hall–Kier alpha value is -1.39. The van der Waals surface area contributed by atoms with E-state index in [4.69, 9.17) is 11.6 Å². The molecule has 0 bridgehead atoms. The quantitative estimate of drug-likeness (QED) is 0.891. The fraction of sp³-hybridized carbons (Fsp3) is 0.0909. The van der Waals surface area contributed by atoms with E-state index < -0.39 is 0 Å². The molecule has 0 fully saturated rings. The Morgan fingerprint density at radius 1 is 1.44 bits per heavy atom. The molecule has 5 heteroatoms. The van der Waals surface area contributed by atoms with E-state index in [2.05, 4.69) is 10.3 Å². The molecule has 1 amide bonds. The van der Waals surface area contributed by atoms with Crippen LogP contribution >= 0.6 is 22.9 Å². The van der Waals surface area contributed by atoms with Gasteiger partial charge in [-0.15, -0.1) is 11.3 Å². The van der Waals surface area contributed by atoms with Crippen molar-refractivity contribution in [1.29, 1.82) is 0 Å². The largest absolute Gasteiger partial charge is 0.306 e. The first-order valence-electron chi connectivity index (χ1n) is 4.65. The zero-order valence-electron chi connectivity index (χ0n) is 8.53. The Bertz CT molecular complexity index is 511. The van der Waals surface area contributed by atoms with Crippen molar-refractivity contribution in [3.8, 4) is 0 Å². The fourth-order valence-corrected chi connectivity index (χ4v) is 1.92. The van der Waals surface area contributed by atoms with E-state index in [0.717, 1.165) is 0 Å². The normalized spacial score (nSPS) is 10.1. The lowest BCUT2D eigenvalue weighted by atomic mass is 10.3. The molecule has 0 saturated carbocycles. The van der Waals surface area contributed by atoms with Crippen LogP contribution in [0.4, 0.5) is 5.82 Å². The van der Waals surface area contributed by atoms with Crippen molar-refractivity contribution in [3.05, 3.63) is 45.2 Å².